The zero-order valence-electron chi connectivity index (χ0n) is 14.8. The van der Waals surface area contributed by atoms with E-state index >= 15 is 0 Å². The minimum atomic E-state index is -1.01. The van der Waals surface area contributed by atoms with Gasteiger partial charge in [-0.3, -0.25) is 10.0 Å². The number of hydroxylamine groups is 1. The van der Waals surface area contributed by atoms with Crippen molar-refractivity contribution >= 4 is 23.3 Å². The van der Waals surface area contributed by atoms with Crippen molar-refractivity contribution in [3.63, 3.8) is 0 Å². The van der Waals surface area contributed by atoms with Crippen molar-refractivity contribution in [2.45, 2.75) is 38.8 Å². The Labute approximate surface area is 152 Å². The molecule has 0 fully saturated rings. The van der Waals surface area contributed by atoms with Gasteiger partial charge >= 0.3 is 5.97 Å². The van der Waals surface area contributed by atoms with Crippen LogP contribution >= 0.6 is 0 Å². The number of nitrogens with zero attached hydrogens (tertiary/aromatic N) is 2. The minimum absolute atomic E-state index is 0.0544. The summed E-state index contributed by atoms with van der Waals surface area (Å²) in [5.74, 6) is -0.954. The lowest BCUT2D eigenvalue weighted by atomic mass is 9.91. The van der Waals surface area contributed by atoms with Crippen LogP contribution in [0.1, 0.15) is 48.7 Å². The van der Waals surface area contributed by atoms with E-state index in [0.29, 0.717) is 18.5 Å². The van der Waals surface area contributed by atoms with Gasteiger partial charge in [0.05, 0.1) is 17.3 Å². The zero-order valence-corrected chi connectivity index (χ0v) is 14.8. The molecule has 0 aromatic heterocycles. The highest BCUT2D eigenvalue weighted by Crippen LogP contribution is 2.41. The predicted octanol–water partition coefficient (Wildman–Crippen LogP) is 3.86. The molecule has 6 heteroatoms. The lowest BCUT2D eigenvalue weighted by molar-refractivity contribution is -0.118. The second kappa shape index (κ2) is 7.17. The van der Waals surface area contributed by atoms with Gasteiger partial charge in [-0.1, -0.05) is 25.1 Å². The summed E-state index contributed by atoms with van der Waals surface area (Å²) < 4.78 is 0. The van der Waals surface area contributed by atoms with Crippen LogP contribution in [0.15, 0.2) is 48.5 Å². The summed E-state index contributed by atoms with van der Waals surface area (Å²) >= 11 is 0. The van der Waals surface area contributed by atoms with E-state index in [-0.39, 0.29) is 23.6 Å². The van der Waals surface area contributed by atoms with Crippen LogP contribution in [0.4, 0.5) is 11.4 Å². The molecule has 136 valence electrons. The number of para-hydroxylation sites is 1. The number of carboxylic acids is 1. The molecule has 3 rings (SSSR count). The van der Waals surface area contributed by atoms with E-state index in [1.165, 1.54) is 12.1 Å². The molecule has 0 spiro atoms. The number of anilines is 2. The highest BCUT2D eigenvalue weighted by Gasteiger charge is 2.35. The highest BCUT2D eigenvalue weighted by atomic mass is 16.5. The van der Waals surface area contributed by atoms with Crippen LogP contribution in [0.5, 0.6) is 0 Å². The Morgan fingerprint density at radius 2 is 1.81 bits per heavy atom. The Morgan fingerprint density at radius 1 is 1.15 bits per heavy atom. The van der Waals surface area contributed by atoms with Gasteiger partial charge in [0.25, 0.3) is 0 Å². The first-order valence-electron chi connectivity index (χ1n) is 8.66. The fraction of sp³-hybridized carbons (Fsp3) is 0.300. The van der Waals surface area contributed by atoms with Crippen LogP contribution in [0.3, 0.4) is 0 Å². The summed E-state index contributed by atoms with van der Waals surface area (Å²) in [6, 6.07) is 13.3. The molecule has 1 aliphatic rings. The molecule has 0 radical (unpaired) electrons. The van der Waals surface area contributed by atoms with Crippen LogP contribution in [0.2, 0.25) is 0 Å². The molecule has 0 saturated carbocycles. The first-order chi connectivity index (χ1) is 12.4. The molecule has 2 aromatic carbocycles. The molecule has 6 nitrogen and oxygen atoms in total. The van der Waals surface area contributed by atoms with Crippen LogP contribution < -0.4 is 9.96 Å². The number of carboxylic acid groups (broad SMARTS) is 1. The third kappa shape index (κ3) is 3.15. The van der Waals surface area contributed by atoms with Gasteiger partial charge < -0.3 is 10.0 Å². The topological polar surface area (TPSA) is 81.1 Å². The van der Waals surface area contributed by atoms with Crippen molar-refractivity contribution < 1.29 is 19.9 Å². The van der Waals surface area contributed by atoms with Gasteiger partial charge in [0.1, 0.15) is 0 Å². The lowest BCUT2D eigenvalue weighted by Gasteiger charge is -2.42. The number of amides is 1. The maximum atomic E-state index is 12.4. The molecule has 0 aliphatic carbocycles. The smallest absolute Gasteiger partial charge is 0.335 e. The maximum absolute atomic E-state index is 12.4. The second-order valence-electron chi connectivity index (χ2n) is 6.47. The van der Waals surface area contributed by atoms with Gasteiger partial charge in [-0.15, -0.1) is 0 Å². The average molecular weight is 354 g/mol. The Balaban J connectivity index is 1.97. The quantitative estimate of drug-likeness (QED) is 0.815. The molecule has 2 aromatic rings. The Hall–Kier alpha value is -2.86. The van der Waals surface area contributed by atoms with Crippen LogP contribution in [0.25, 0.3) is 0 Å². The zero-order chi connectivity index (χ0) is 18.8. The molecule has 0 bridgehead atoms. The van der Waals surface area contributed by atoms with Gasteiger partial charge in [0, 0.05) is 23.7 Å². The first-order valence-corrected chi connectivity index (χ1v) is 8.66. The summed E-state index contributed by atoms with van der Waals surface area (Å²) in [4.78, 5) is 25.2. The van der Waals surface area contributed by atoms with Gasteiger partial charge in [-0.25, -0.2) is 9.86 Å². The second-order valence-corrected chi connectivity index (χ2v) is 6.47. The maximum Gasteiger partial charge on any atom is 0.335 e. The van der Waals surface area contributed by atoms with Gasteiger partial charge in [-0.05, 0) is 43.7 Å². The molecule has 1 amide bonds. The number of rotatable bonds is 4. The number of aromatic carboxylic acids is 1. The number of carbonyl (C=O) groups is 2. The standard InChI is InChI=1S/C20H22N2O4/c1-3-19(23)21-13(2)12-18(16-6-4-5-7-17(16)21)22(26)15-10-8-14(9-11-15)20(24)25/h4-11,13,18,26H,3,12H2,1-2H3,(H,24,25)/t13-,18+/m0/s1. The number of carbonyl (C=O) groups excluding carboxylic acids is 1. The van der Waals surface area contributed by atoms with Crippen LogP contribution in [0, 0.1) is 0 Å². The summed E-state index contributed by atoms with van der Waals surface area (Å²) in [7, 11) is 0. The fourth-order valence-electron chi connectivity index (χ4n) is 3.50. The van der Waals surface area contributed by atoms with E-state index in [0.717, 1.165) is 16.3 Å². The highest BCUT2D eigenvalue weighted by molar-refractivity contribution is 5.95. The lowest BCUT2D eigenvalue weighted by Crippen LogP contribution is -2.45. The number of hydrogen-bond donors (Lipinski definition) is 2. The number of hydrogen-bond acceptors (Lipinski definition) is 4. The Bertz CT molecular complexity index is 819. The third-order valence-corrected chi connectivity index (χ3v) is 4.81. The Morgan fingerprint density at radius 3 is 2.42 bits per heavy atom. The van der Waals surface area contributed by atoms with Gasteiger partial charge in [0.15, 0.2) is 0 Å². The monoisotopic (exact) mass is 354 g/mol. The van der Waals surface area contributed by atoms with Crippen LogP contribution in [-0.4, -0.2) is 28.2 Å². The molecule has 1 aliphatic heterocycles. The molecule has 2 atom stereocenters. The van der Waals surface area contributed by atoms with Crippen molar-refractivity contribution in [1.29, 1.82) is 0 Å². The normalized spacial score (nSPS) is 19.0. The summed E-state index contributed by atoms with van der Waals surface area (Å²) in [6.07, 6.45) is 0.989. The van der Waals surface area contributed by atoms with E-state index < -0.39 is 5.97 Å². The predicted molar refractivity (Wildman–Crippen MR) is 98.7 cm³/mol. The van der Waals surface area contributed by atoms with E-state index in [9.17, 15) is 14.8 Å². The van der Waals surface area contributed by atoms with E-state index in [1.807, 2.05) is 38.1 Å². The summed E-state index contributed by atoms with van der Waals surface area (Å²) in [5, 5.41) is 21.0. The molecule has 0 unspecified atom stereocenters. The molecule has 2 N–H and O–H groups in total. The molecule has 26 heavy (non-hydrogen) atoms. The van der Waals surface area contributed by atoms with E-state index in [4.69, 9.17) is 5.11 Å². The first kappa shape index (κ1) is 17.9. The van der Waals surface area contributed by atoms with Crippen LogP contribution in [-0.2, 0) is 4.79 Å². The summed E-state index contributed by atoms with van der Waals surface area (Å²) in [6.45, 7) is 3.81. The third-order valence-electron chi connectivity index (χ3n) is 4.81. The number of fused-ring (bicyclic) bond motifs is 1. The largest absolute Gasteiger partial charge is 0.478 e. The summed E-state index contributed by atoms with van der Waals surface area (Å²) in [5.41, 5.74) is 2.36. The number of benzene rings is 2. The van der Waals surface area contributed by atoms with Crippen molar-refractivity contribution in [3.05, 3.63) is 59.7 Å². The van der Waals surface area contributed by atoms with Crippen molar-refractivity contribution in [3.8, 4) is 0 Å². The van der Waals surface area contributed by atoms with Gasteiger partial charge in [0.2, 0.25) is 5.91 Å². The van der Waals surface area contributed by atoms with E-state index in [1.54, 1.807) is 17.0 Å². The van der Waals surface area contributed by atoms with E-state index in [2.05, 4.69) is 0 Å². The average Bonchev–Trinajstić information content (AvgIpc) is 2.66. The molecule has 1 heterocycles. The van der Waals surface area contributed by atoms with Crippen molar-refractivity contribution in [1.82, 2.24) is 0 Å². The van der Waals surface area contributed by atoms with Crippen molar-refractivity contribution in [2.24, 2.45) is 0 Å². The van der Waals surface area contributed by atoms with Crippen molar-refractivity contribution in [2.75, 3.05) is 9.96 Å². The molecular weight excluding hydrogens is 332 g/mol. The van der Waals surface area contributed by atoms with Gasteiger partial charge in [-0.2, -0.15) is 0 Å². The molecular formula is C20H22N2O4. The Kier molecular flexibility index (Phi) is 4.95. The SMILES string of the molecule is CCC(=O)N1c2ccccc2[C@H](N(O)c2ccc(C(=O)O)cc2)C[C@@H]1C. The fourth-order valence-corrected chi connectivity index (χ4v) is 3.50. The molecule has 0 saturated heterocycles. The minimum Gasteiger partial charge on any atom is -0.478 e.